The second kappa shape index (κ2) is 10.6. The van der Waals surface area contributed by atoms with Crippen LogP contribution in [0.1, 0.15) is 15.9 Å². The Hall–Kier alpha value is -3.85. The third-order valence-corrected chi connectivity index (χ3v) is 5.91. The van der Waals surface area contributed by atoms with Crippen LogP contribution >= 0.6 is 0 Å². The van der Waals surface area contributed by atoms with Gasteiger partial charge in [0.15, 0.2) is 0 Å². The minimum absolute atomic E-state index is 0.242. The van der Waals surface area contributed by atoms with Gasteiger partial charge in [0.25, 0.3) is 5.91 Å². The van der Waals surface area contributed by atoms with Crippen LogP contribution in [0.25, 0.3) is 0 Å². The molecule has 2 amide bonds. The van der Waals surface area contributed by atoms with Gasteiger partial charge in [0.2, 0.25) is 15.9 Å². The summed E-state index contributed by atoms with van der Waals surface area (Å²) >= 11 is 0. The molecular weight excluding hydrogens is 442 g/mol. The Kier molecular flexibility index (Phi) is 7.68. The minimum Gasteiger partial charge on any atom is -0.495 e. The van der Waals surface area contributed by atoms with Gasteiger partial charge in [-0.15, -0.1) is 0 Å². The van der Waals surface area contributed by atoms with Crippen LogP contribution in [0.4, 0.5) is 11.4 Å². The molecule has 0 radical (unpaired) electrons. The predicted octanol–water partition coefficient (Wildman–Crippen LogP) is 3.03. The molecule has 33 heavy (non-hydrogen) atoms. The van der Waals surface area contributed by atoms with Gasteiger partial charge in [0.05, 0.1) is 30.3 Å². The number of nitrogens with zero attached hydrogens (tertiary/aromatic N) is 1. The zero-order chi connectivity index (χ0) is 23.8. The molecule has 172 valence electrons. The van der Waals surface area contributed by atoms with E-state index < -0.39 is 22.5 Å². The fourth-order valence-corrected chi connectivity index (χ4v) is 4.06. The molecule has 3 aromatic carbocycles. The molecule has 0 atom stereocenters. The highest BCUT2D eigenvalue weighted by Crippen LogP contribution is 2.29. The number of methoxy groups -OCH3 is 1. The van der Waals surface area contributed by atoms with Crippen molar-refractivity contribution in [3.63, 3.8) is 0 Å². The van der Waals surface area contributed by atoms with Crippen molar-refractivity contribution in [3.8, 4) is 5.75 Å². The smallest absolute Gasteiger partial charge is 0.253 e. The molecule has 0 aliphatic heterocycles. The average molecular weight is 468 g/mol. The molecule has 0 aliphatic carbocycles. The molecule has 9 heteroatoms. The maximum absolute atomic E-state index is 12.8. The average Bonchev–Trinajstić information content (AvgIpc) is 2.81. The number of nitrogens with one attached hydrogen (secondary N) is 2. The maximum Gasteiger partial charge on any atom is 0.253 e. The Bertz CT molecular complexity index is 1230. The normalized spacial score (nSPS) is 10.8. The highest BCUT2D eigenvalue weighted by Gasteiger charge is 2.24. The van der Waals surface area contributed by atoms with Gasteiger partial charge in [-0.25, -0.2) is 8.42 Å². The van der Waals surface area contributed by atoms with E-state index >= 15 is 0 Å². The molecule has 0 saturated heterocycles. The number of rotatable bonds is 9. The SMILES string of the molecule is COc1ccccc1N(CC(=O)Nc1ccccc1C(=O)NCc1ccccc1)S(C)(=O)=O. The summed E-state index contributed by atoms with van der Waals surface area (Å²) in [6.45, 7) is -0.156. The van der Waals surface area contributed by atoms with Gasteiger partial charge in [0, 0.05) is 6.54 Å². The van der Waals surface area contributed by atoms with E-state index in [1.807, 2.05) is 30.3 Å². The summed E-state index contributed by atoms with van der Waals surface area (Å²) in [5.41, 5.74) is 1.73. The van der Waals surface area contributed by atoms with E-state index in [9.17, 15) is 18.0 Å². The molecule has 0 spiro atoms. The van der Waals surface area contributed by atoms with Gasteiger partial charge >= 0.3 is 0 Å². The predicted molar refractivity (Wildman–Crippen MR) is 128 cm³/mol. The van der Waals surface area contributed by atoms with Crippen LogP contribution in [0, 0.1) is 0 Å². The molecule has 2 N–H and O–H groups in total. The third-order valence-electron chi connectivity index (χ3n) is 4.78. The molecule has 0 heterocycles. The Morgan fingerprint density at radius 3 is 2.24 bits per heavy atom. The summed E-state index contributed by atoms with van der Waals surface area (Å²) < 4.78 is 31.0. The van der Waals surface area contributed by atoms with E-state index in [0.29, 0.717) is 12.3 Å². The van der Waals surface area contributed by atoms with Gasteiger partial charge in [0.1, 0.15) is 12.3 Å². The van der Waals surface area contributed by atoms with Crippen molar-refractivity contribution in [1.29, 1.82) is 0 Å². The lowest BCUT2D eigenvalue weighted by atomic mass is 10.1. The summed E-state index contributed by atoms with van der Waals surface area (Å²) in [4.78, 5) is 25.5. The minimum atomic E-state index is -3.79. The van der Waals surface area contributed by atoms with Crippen LogP contribution in [0.2, 0.25) is 0 Å². The fourth-order valence-electron chi connectivity index (χ4n) is 3.20. The van der Waals surface area contributed by atoms with Gasteiger partial charge in [-0.3, -0.25) is 13.9 Å². The van der Waals surface area contributed by atoms with Gasteiger partial charge in [-0.05, 0) is 29.8 Å². The lowest BCUT2D eigenvalue weighted by Crippen LogP contribution is -2.38. The number of hydrogen-bond acceptors (Lipinski definition) is 5. The molecule has 0 aliphatic rings. The van der Waals surface area contributed by atoms with Crippen molar-refractivity contribution in [1.82, 2.24) is 5.32 Å². The third kappa shape index (κ3) is 6.33. The number of carbonyl (C=O) groups is 2. The molecule has 0 aromatic heterocycles. The molecule has 3 aromatic rings. The maximum atomic E-state index is 12.8. The topological polar surface area (TPSA) is 105 Å². The van der Waals surface area contributed by atoms with Crippen LogP contribution in [0.5, 0.6) is 5.75 Å². The van der Waals surface area contributed by atoms with Crippen molar-refractivity contribution >= 4 is 33.2 Å². The number of para-hydroxylation sites is 3. The van der Waals surface area contributed by atoms with E-state index in [1.54, 1.807) is 48.5 Å². The van der Waals surface area contributed by atoms with Crippen molar-refractivity contribution in [3.05, 3.63) is 90.0 Å². The monoisotopic (exact) mass is 467 g/mol. The summed E-state index contributed by atoms with van der Waals surface area (Å²) in [5.74, 6) is -0.648. The quantitative estimate of drug-likeness (QED) is 0.503. The molecule has 0 saturated carbocycles. The standard InChI is InChI=1S/C24H25N3O5S/c1-32-22-15-9-8-14-21(22)27(33(2,30)31)17-23(28)26-20-13-7-6-12-19(20)24(29)25-16-18-10-4-3-5-11-18/h3-15H,16-17H2,1-2H3,(H,25,29)(H,26,28). The van der Waals surface area contributed by atoms with Crippen LogP contribution in [0.3, 0.4) is 0 Å². The van der Waals surface area contributed by atoms with E-state index in [-0.39, 0.29) is 22.8 Å². The lowest BCUT2D eigenvalue weighted by molar-refractivity contribution is -0.114. The lowest BCUT2D eigenvalue weighted by Gasteiger charge is -2.23. The highest BCUT2D eigenvalue weighted by molar-refractivity contribution is 7.92. The summed E-state index contributed by atoms with van der Waals surface area (Å²) in [6.07, 6.45) is 1.01. The number of amides is 2. The van der Waals surface area contributed by atoms with Crippen molar-refractivity contribution < 1.29 is 22.7 Å². The Balaban J connectivity index is 1.76. The van der Waals surface area contributed by atoms with E-state index in [2.05, 4.69) is 10.6 Å². The van der Waals surface area contributed by atoms with Gasteiger partial charge in [-0.1, -0.05) is 54.6 Å². The fraction of sp³-hybridized carbons (Fsp3) is 0.167. The second-order valence-corrected chi connectivity index (χ2v) is 9.11. The van der Waals surface area contributed by atoms with E-state index in [0.717, 1.165) is 16.1 Å². The van der Waals surface area contributed by atoms with Crippen LogP contribution in [-0.2, 0) is 21.4 Å². The first-order chi connectivity index (χ1) is 15.8. The molecule has 0 unspecified atom stereocenters. The number of carbonyl (C=O) groups excluding carboxylic acids is 2. The molecule has 0 bridgehead atoms. The zero-order valence-electron chi connectivity index (χ0n) is 18.3. The second-order valence-electron chi connectivity index (χ2n) is 7.20. The highest BCUT2D eigenvalue weighted by atomic mass is 32.2. The Morgan fingerprint density at radius 2 is 1.55 bits per heavy atom. The molecule has 3 rings (SSSR count). The molecule has 8 nitrogen and oxygen atoms in total. The Labute approximate surface area is 193 Å². The number of ether oxygens (including phenoxy) is 1. The zero-order valence-corrected chi connectivity index (χ0v) is 19.1. The first kappa shape index (κ1) is 23.8. The largest absolute Gasteiger partial charge is 0.495 e. The number of sulfonamides is 1. The number of benzene rings is 3. The summed E-state index contributed by atoms with van der Waals surface area (Å²) in [6, 6.07) is 22.5. The van der Waals surface area contributed by atoms with E-state index in [1.165, 1.54) is 7.11 Å². The number of anilines is 2. The first-order valence-electron chi connectivity index (χ1n) is 10.1. The van der Waals surface area contributed by atoms with Crippen LogP contribution < -0.4 is 19.7 Å². The molecule has 0 fully saturated rings. The Morgan fingerprint density at radius 1 is 0.909 bits per heavy atom. The molecular formula is C24H25N3O5S. The first-order valence-corrected chi connectivity index (χ1v) is 12.0. The summed E-state index contributed by atoms with van der Waals surface area (Å²) in [7, 11) is -2.37. The number of hydrogen-bond donors (Lipinski definition) is 2. The van der Waals surface area contributed by atoms with Crippen LogP contribution in [0.15, 0.2) is 78.9 Å². The summed E-state index contributed by atoms with van der Waals surface area (Å²) in [5, 5.41) is 5.47. The van der Waals surface area contributed by atoms with Crippen LogP contribution in [-0.4, -0.2) is 40.1 Å². The van der Waals surface area contributed by atoms with Gasteiger partial charge < -0.3 is 15.4 Å². The van der Waals surface area contributed by atoms with Crippen molar-refractivity contribution in [2.24, 2.45) is 0 Å². The van der Waals surface area contributed by atoms with Gasteiger partial charge in [-0.2, -0.15) is 0 Å². The van der Waals surface area contributed by atoms with Crippen molar-refractivity contribution in [2.45, 2.75) is 6.54 Å². The van der Waals surface area contributed by atoms with E-state index in [4.69, 9.17) is 4.74 Å². The van der Waals surface area contributed by atoms with Crippen molar-refractivity contribution in [2.75, 3.05) is 29.5 Å².